The van der Waals surface area contributed by atoms with Crippen molar-refractivity contribution in [3.05, 3.63) is 65.0 Å². The summed E-state index contributed by atoms with van der Waals surface area (Å²) in [6.45, 7) is 0. The van der Waals surface area contributed by atoms with E-state index >= 15 is 0 Å². The number of hydrogen-bond acceptors (Lipinski definition) is 3. The van der Waals surface area contributed by atoms with Crippen LogP contribution in [0.15, 0.2) is 59.7 Å². The molecule has 0 amide bonds. The molecule has 2 rings (SSSR count). The number of rotatable bonds is 3. The van der Waals surface area contributed by atoms with Crippen molar-refractivity contribution in [3.8, 4) is 0 Å². The quantitative estimate of drug-likeness (QED) is 0.364. The van der Waals surface area contributed by atoms with E-state index in [-0.39, 0.29) is 0 Å². The number of hydrogen-bond donors (Lipinski definition) is 0. The Morgan fingerprint density at radius 2 is 1.53 bits per heavy atom. The minimum Gasteiger partial charge on any atom is -0.628 e. The predicted molar refractivity (Wildman–Crippen MR) is 75.3 cm³/mol. The lowest BCUT2D eigenvalue weighted by molar-refractivity contribution is -0.435. The van der Waals surface area contributed by atoms with Gasteiger partial charge in [0.1, 0.15) is 11.4 Å². The van der Waals surface area contributed by atoms with E-state index in [9.17, 15) is 10.4 Å². The Labute approximate surface area is 111 Å². The fraction of sp³-hybridized carbons (Fsp3) is 0.143. The molecular formula is C14H15N3O2. The third-order valence-corrected chi connectivity index (χ3v) is 2.65. The maximum absolute atomic E-state index is 11.8. The molecule has 19 heavy (non-hydrogen) atoms. The molecule has 0 unspecified atom stereocenters. The topological polar surface area (TPSA) is 61.5 Å². The van der Waals surface area contributed by atoms with Gasteiger partial charge < -0.3 is 15.1 Å². The maximum atomic E-state index is 11.8. The first-order valence-electron chi connectivity index (χ1n) is 5.86. The average Bonchev–Trinajstić information content (AvgIpc) is 2.39. The van der Waals surface area contributed by atoms with E-state index in [1.165, 1.54) is 14.1 Å². The normalized spacial score (nSPS) is 12.5. The summed E-state index contributed by atoms with van der Waals surface area (Å²) in [6, 6.07) is 15.4. The van der Waals surface area contributed by atoms with Crippen LogP contribution in [-0.2, 0) is 0 Å². The van der Waals surface area contributed by atoms with E-state index in [1.807, 2.05) is 6.07 Å². The van der Waals surface area contributed by atoms with Crippen molar-refractivity contribution >= 4 is 17.1 Å². The molecule has 0 saturated heterocycles. The first-order chi connectivity index (χ1) is 8.97. The molecule has 2 aromatic carbocycles. The molecule has 0 aliphatic rings. The summed E-state index contributed by atoms with van der Waals surface area (Å²) >= 11 is 0. The van der Waals surface area contributed by atoms with Crippen molar-refractivity contribution in [2.75, 3.05) is 14.1 Å². The molecule has 0 spiro atoms. The number of azo groups is 1. The molecule has 0 aliphatic carbocycles. The van der Waals surface area contributed by atoms with Crippen LogP contribution in [0.3, 0.4) is 0 Å². The minimum atomic E-state index is -0.514. The van der Waals surface area contributed by atoms with Gasteiger partial charge in [0.05, 0.1) is 14.1 Å². The van der Waals surface area contributed by atoms with Gasteiger partial charge in [-0.25, -0.2) is 0 Å². The van der Waals surface area contributed by atoms with Crippen LogP contribution in [0.1, 0.15) is 0 Å². The summed E-state index contributed by atoms with van der Waals surface area (Å²) in [5, 5.41) is 27.4. The van der Waals surface area contributed by atoms with Crippen LogP contribution in [0.4, 0.5) is 17.1 Å². The fourth-order valence-corrected chi connectivity index (χ4v) is 1.60. The number of nitrogens with zero attached hydrogens (tertiary/aromatic N) is 3. The van der Waals surface area contributed by atoms with Gasteiger partial charge >= 0.3 is 0 Å². The standard InChI is InChI=1S/C14H15N3O2/c1-17(2,19)14-10-8-12(9-11-14)15-16(18)13-6-4-3-5-7-13/h3-11H,1-2H3. The average molecular weight is 257 g/mol. The number of benzene rings is 2. The van der Waals surface area contributed by atoms with Crippen molar-refractivity contribution in [1.82, 2.24) is 4.65 Å². The molecule has 0 fully saturated rings. The number of quaternary nitrogens is 1. The Hall–Kier alpha value is -2.24. The molecule has 0 radical (unpaired) electrons. The van der Waals surface area contributed by atoms with E-state index in [0.29, 0.717) is 21.9 Å². The van der Waals surface area contributed by atoms with Crippen molar-refractivity contribution in [2.24, 2.45) is 5.11 Å². The van der Waals surface area contributed by atoms with Crippen molar-refractivity contribution in [3.63, 3.8) is 0 Å². The molecular weight excluding hydrogens is 242 g/mol. The Morgan fingerprint density at radius 3 is 2.05 bits per heavy atom. The lowest BCUT2D eigenvalue weighted by Gasteiger charge is -2.32. The van der Waals surface area contributed by atoms with Crippen LogP contribution in [0, 0.1) is 10.4 Å². The molecule has 0 saturated carbocycles. The zero-order valence-electron chi connectivity index (χ0n) is 10.9. The van der Waals surface area contributed by atoms with Crippen molar-refractivity contribution in [1.29, 1.82) is 0 Å². The molecule has 2 aromatic rings. The van der Waals surface area contributed by atoms with E-state index in [2.05, 4.69) is 5.11 Å². The Morgan fingerprint density at radius 1 is 0.947 bits per heavy atom. The third kappa shape index (κ3) is 3.37. The van der Waals surface area contributed by atoms with Crippen LogP contribution in [-0.4, -0.2) is 19.0 Å². The second kappa shape index (κ2) is 5.17. The molecule has 5 nitrogen and oxygen atoms in total. The second-order valence-corrected chi connectivity index (χ2v) is 4.58. The number of hydroxylamine groups is 2. The highest BCUT2D eigenvalue weighted by Crippen LogP contribution is 2.23. The first-order valence-corrected chi connectivity index (χ1v) is 5.86. The zero-order chi connectivity index (χ0) is 13.9. The molecule has 0 bridgehead atoms. The summed E-state index contributed by atoms with van der Waals surface area (Å²) < 4.78 is -0.514. The number of para-hydroxylation sites is 1. The maximum Gasteiger partial charge on any atom is 0.244 e. The highest BCUT2D eigenvalue weighted by molar-refractivity contribution is 5.49. The molecule has 98 valence electrons. The van der Waals surface area contributed by atoms with Gasteiger partial charge in [0.2, 0.25) is 5.69 Å². The minimum absolute atomic E-state index is 0.464. The van der Waals surface area contributed by atoms with Gasteiger partial charge in [-0.3, -0.25) is 0 Å². The molecule has 5 heteroatoms. The Balaban J connectivity index is 2.24. The lowest BCUT2D eigenvalue weighted by atomic mass is 10.3. The van der Waals surface area contributed by atoms with Crippen molar-refractivity contribution in [2.45, 2.75) is 0 Å². The van der Waals surface area contributed by atoms with Crippen LogP contribution in [0.5, 0.6) is 0 Å². The monoisotopic (exact) mass is 257 g/mol. The van der Waals surface area contributed by atoms with Crippen LogP contribution in [0.2, 0.25) is 0 Å². The molecule has 0 heterocycles. The van der Waals surface area contributed by atoms with Gasteiger partial charge in [-0.15, -0.1) is 0 Å². The van der Waals surface area contributed by atoms with E-state index in [4.69, 9.17) is 0 Å². The summed E-state index contributed by atoms with van der Waals surface area (Å²) in [5.41, 5.74) is 1.58. The predicted octanol–water partition coefficient (Wildman–Crippen LogP) is 3.68. The Bertz CT molecular complexity index is 572. The van der Waals surface area contributed by atoms with Crippen LogP contribution < -0.4 is 4.65 Å². The zero-order valence-corrected chi connectivity index (χ0v) is 10.9. The second-order valence-electron chi connectivity index (χ2n) is 4.58. The largest absolute Gasteiger partial charge is 0.628 e. The van der Waals surface area contributed by atoms with Crippen LogP contribution >= 0.6 is 0 Å². The SMILES string of the molecule is C[N+](C)([O-])c1ccc(N=[N+]([O-])c2ccccc2)cc1. The van der Waals surface area contributed by atoms with Gasteiger partial charge in [0, 0.05) is 29.4 Å². The molecule has 0 aliphatic heterocycles. The van der Waals surface area contributed by atoms with Gasteiger partial charge in [0.25, 0.3) is 0 Å². The lowest BCUT2D eigenvalue weighted by Crippen LogP contribution is -2.32. The van der Waals surface area contributed by atoms with Gasteiger partial charge in [-0.2, -0.15) is 0 Å². The summed E-state index contributed by atoms with van der Waals surface area (Å²) in [5.74, 6) is 0. The van der Waals surface area contributed by atoms with Crippen molar-refractivity contribution < 1.29 is 4.86 Å². The van der Waals surface area contributed by atoms with E-state index in [1.54, 1.807) is 48.5 Å². The Kier molecular flexibility index (Phi) is 3.59. The van der Waals surface area contributed by atoms with Crippen LogP contribution in [0.25, 0.3) is 0 Å². The molecule has 0 N–H and O–H groups in total. The first kappa shape index (κ1) is 13.2. The van der Waals surface area contributed by atoms with Gasteiger partial charge in [-0.1, -0.05) is 23.1 Å². The van der Waals surface area contributed by atoms with Gasteiger partial charge in [-0.05, 0) is 12.1 Å². The van der Waals surface area contributed by atoms with E-state index in [0.717, 1.165) is 0 Å². The summed E-state index contributed by atoms with van der Waals surface area (Å²) in [4.78, 5) is 0.562. The summed E-state index contributed by atoms with van der Waals surface area (Å²) in [7, 11) is 3.08. The fourth-order valence-electron chi connectivity index (χ4n) is 1.60. The highest BCUT2D eigenvalue weighted by atomic mass is 16.5. The van der Waals surface area contributed by atoms with E-state index < -0.39 is 4.65 Å². The molecule has 0 atom stereocenters. The smallest absolute Gasteiger partial charge is 0.244 e. The summed E-state index contributed by atoms with van der Waals surface area (Å²) in [6.07, 6.45) is 0. The third-order valence-electron chi connectivity index (χ3n) is 2.65. The highest BCUT2D eigenvalue weighted by Gasteiger charge is 2.08. The van der Waals surface area contributed by atoms with Gasteiger partial charge in [0.15, 0.2) is 0 Å². The molecule has 0 aromatic heterocycles.